The summed E-state index contributed by atoms with van der Waals surface area (Å²) in [5, 5.41) is 0. The SMILES string of the molecule is CO[SiH](OC)O[Si]1(OC)O[Si](OC)(OC)O1. The highest BCUT2D eigenvalue weighted by molar-refractivity contribution is 6.84. The van der Waals surface area contributed by atoms with E-state index in [0.717, 1.165) is 0 Å². The van der Waals surface area contributed by atoms with Crippen LogP contribution in [0.1, 0.15) is 0 Å². The monoisotopic (exact) mass is 288 g/mol. The van der Waals surface area contributed by atoms with E-state index in [1.54, 1.807) is 0 Å². The van der Waals surface area contributed by atoms with E-state index in [-0.39, 0.29) is 0 Å². The Morgan fingerprint density at radius 3 is 1.50 bits per heavy atom. The van der Waals surface area contributed by atoms with Gasteiger partial charge in [0, 0.05) is 35.5 Å². The first-order valence-electron chi connectivity index (χ1n) is 4.38. The first kappa shape index (κ1) is 14.4. The van der Waals surface area contributed by atoms with Gasteiger partial charge in [-0.05, 0) is 0 Å². The third-order valence-electron chi connectivity index (χ3n) is 1.88. The summed E-state index contributed by atoms with van der Waals surface area (Å²) in [5.74, 6) is 0. The molecule has 16 heavy (non-hydrogen) atoms. The van der Waals surface area contributed by atoms with Crippen molar-refractivity contribution in [3.63, 3.8) is 0 Å². The van der Waals surface area contributed by atoms with Crippen molar-refractivity contribution in [1.29, 1.82) is 0 Å². The van der Waals surface area contributed by atoms with Gasteiger partial charge in [-0.2, -0.15) is 0 Å². The summed E-state index contributed by atoms with van der Waals surface area (Å²) in [5.41, 5.74) is 0. The molecule has 0 radical (unpaired) electrons. The molecule has 1 saturated heterocycles. The molecule has 0 aromatic carbocycles. The molecule has 0 saturated carbocycles. The molecule has 1 fully saturated rings. The molecule has 0 aromatic heterocycles. The summed E-state index contributed by atoms with van der Waals surface area (Å²) in [6, 6.07) is 0. The summed E-state index contributed by atoms with van der Waals surface area (Å²) in [4.78, 5) is 0. The molecule has 0 aliphatic carbocycles. The molecule has 0 spiro atoms. The summed E-state index contributed by atoms with van der Waals surface area (Å²) < 4.78 is 41.4. The molecule has 11 heteroatoms. The van der Waals surface area contributed by atoms with E-state index in [4.69, 9.17) is 34.5 Å². The minimum Gasteiger partial charge on any atom is -0.380 e. The van der Waals surface area contributed by atoms with Gasteiger partial charge in [0.25, 0.3) is 0 Å². The summed E-state index contributed by atoms with van der Waals surface area (Å²) in [6.45, 7) is 0. The van der Waals surface area contributed by atoms with Gasteiger partial charge in [0.05, 0.1) is 0 Å². The van der Waals surface area contributed by atoms with Crippen molar-refractivity contribution in [2.24, 2.45) is 0 Å². The topological polar surface area (TPSA) is 73.8 Å². The van der Waals surface area contributed by atoms with Crippen molar-refractivity contribution in [1.82, 2.24) is 0 Å². The average molecular weight is 288 g/mol. The molecule has 0 amide bonds. The van der Waals surface area contributed by atoms with Crippen LogP contribution in [0.25, 0.3) is 0 Å². The molecule has 1 aliphatic rings. The second-order valence-electron chi connectivity index (χ2n) is 2.69. The van der Waals surface area contributed by atoms with Crippen molar-refractivity contribution in [3.05, 3.63) is 0 Å². The lowest BCUT2D eigenvalue weighted by Gasteiger charge is -2.44. The second-order valence-corrected chi connectivity index (χ2v) is 10.0. The first-order valence-corrected chi connectivity index (χ1v) is 9.06. The third-order valence-corrected chi connectivity index (χ3v) is 10.1. The van der Waals surface area contributed by atoms with Crippen LogP contribution in [-0.2, 0) is 34.5 Å². The molecule has 0 atom stereocenters. The predicted octanol–water partition coefficient (Wildman–Crippen LogP) is -1.13. The standard InChI is InChI=1S/C5H16O8Si3/c1-6-14(7-2)11-16(10-5)12-15(8-3,9-4)13-16/h14H,1-5H3. The molecular weight excluding hydrogens is 272 g/mol. The second kappa shape index (κ2) is 5.78. The Hall–Kier alpha value is 0.331. The van der Waals surface area contributed by atoms with Crippen LogP contribution in [0.5, 0.6) is 0 Å². The highest BCUT2D eigenvalue weighted by Crippen LogP contribution is 2.33. The average Bonchev–Trinajstić information content (AvgIpc) is 2.29. The maximum atomic E-state index is 5.44. The summed E-state index contributed by atoms with van der Waals surface area (Å²) >= 11 is 0. The zero-order valence-corrected chi connectivity index (χ0v) is 13.0. The quantitative estimate of drug-likeness (QED) is 0.545. The Morgan fingerprint density at radius 1 is 0.750 bits per heavy atom. The first-order chi connectivity index (χ1) is 7.59. The Labute approximate surface area is 98.2 Å². The van der Waals surface area contributed by atoms with E-state index in [1.807, 2.05) is 0 Å². The van der Waals surface area contributed by atoms with E-state index in [2.05, 4.69) is 0 Å². The molecule has 8 nitrogen and oxygen atoms in total. The maximum Gasteiger partial charge on any atom is 0.667 e. The fourth-order valence-electron chi connectivity index (χ4n) is 1.05. The number of hydrogen-bond acceptors (Lipinski definition) is 8. The predicted molar refractivity (Wildman–Crippen MR) is 57.0 cm³/mol. The van der Waals surface area contributed by atoms with Crippen molar-refractivity contribution in [2.75, 3.05) is 35.5 Å². The van der Waals surface area contributed by atoms with Gasteiger partial charge in [-0.25, -0.2) is 0 Å². The summed E-state index contributed by atoms with van der Waals surface area (Å²) in [6.07, 6.45) is 0. The molecule has 0 aromatic rings. The molecule has 96 valence electrons. The Bertz CT molecular complexity index is 206. The molecule has 1 aliphatic heterocycles. The molecule has 1 rings (SSSR count). The fourth-order valence-corrected chi connectivity index (χ4v) is 9.27. The smallest absolute Gasteiger partial charge is 0.380 e. The minimum atomic E-state index is -3.18. The van der Waals surface area contributed by atoms with Gasteiger partial charge in [0.1, 0.15) is 0 Å². The zero-order valence-electron chi connectivity index (χ0n) is 9.84. The lowest BCUT2D eigenvalue weighted by atomic mass is 11.8. The highest BCUT2D eigenvalue weighted by Gasteiger charge is 2.74. The van der Waals surface area contributed by atoms with Crippen LogP contribution < -0.4 is 0 Å². The minimum absolute atomic E-state index is 1.42. The van der Waals surface area contributed by atoms with E-state index in [9.17, 15) is 0 Å². The largest absolute Gasteiger partial charge is 0.667 e. The van der Waals surface area contributed by atoms with E-state index in [1.165, 1.54) is 35.5 Å². The Kier molecular flexibility index (Phi) is 5.20. The van der Waals surface area contributed by atoms with Gasteiger partial charge in [-0.1, -0.05) is 0 Å². The van der Waals surface area contributed by atoms with Crippen LogP contribution in [0, 0.1) is 0 Å². The van der Waals surface area contributed by atoms with Crippen LogP contribution in [0.4, 0.5) is 0 Å². The molecule has 0 N–H and O–H groups in total. The molecule has 0 unspecified atom stereocenters. The number of hydrogen-bond donors (Lipinski definition) is 0. The van der Waals surface area contributed by atoms with Gasteiger partial charge in [0.15, 0.2) is 0 Å². The molecule has 0 bridgehead atoms. The third kappa shape index (κ3) is 2.77. The zero-order chi connectivity index (χ0) is 12.2. The van der Waals surface area contributed by atoms with Crippen molar-refractivity contribution >= 4 is 27.6 Å². The lowest BCUT2D eigenvalue weighted by Crippen LogP contribution is -2.76. The Balaban J connectivity index is 2.56. The normalized spacial score (nSPS) is 22.1. The van der Waals surface area contributed by atoms with Gasteiger partial charge in [-0.15, -0.1) is 0 Å². The van der Waals surface area contributed by atoms with Crippen LogP contribution in [0.3, 0.4) is 0 Å². The van der Waals surface area contributed by atoms with Gasteiger partial charge < -0.3 is 34.5 Å². The fraction of sp³-hybridized carbons (Fsp3) is 1.00. The van der Waals surface area contributed by atoms with Crippen LogP contribution >= 0.6 is 0 Å². The summed E-state index contributed by atoms with van der Waals surface area (Å²) in [7, 11) is -1.22. The van der Waals surface area contributed by atoms with E-state index < -0.39 is 27.6 Å². The van der Waals surface area contributed by atoms with Crippen LogP contribution in [0.2, 0.25) is 0 Å². The van der Waals surface area contributed by atoms with Crippen molar-refractivity contribution in [2.45, 2.75) is 0 Å². The maximum absolute atomic E-state index is 5.44. The van der Waals surface area contributed by atoms with Gasteiger partial charge in [-0.3, -0.25) is 0 Å². The lowest BCUT2D eigenvalue weighted by molar-refractivity contribution is -0.0804. The Morgan fingerprint density at radius 2 is 1.19 bits per heavy atom. The van der Waals surface area contributed by atoms with Crippen molar-refractivity contribution in [3.8, 4) is 0 Å². The van der Waals surface area contributed by atoms with Crippen LogP contribution in [0.15, 0.2) is 0 Å². The van der Waals surface area contributed by atoms with Gasteiger partial charge in [0.2, 0.25) is 0 Å². The molecular formula is C5H16O8Si3. The highest BCUT2D eigenvalue weighted by atomic mass is 28.6. The number of rotatable bonds is 7. The van der Waals surface area contributed by atoms with Gasteiger partial charge >= 0.3 is 27.6 Å². The molecule has 1 heterocycles. The van der Waals surface area contributed by atoms with E-state index in [0.29, 0.717) is 0 Å². The van der Waals surface area contributed by atoms with Crippen molar-refractivity contribution < 1.29 is 34.5 Å². The van der Waals surface area contributed by atoms with E-state index >= 15 is 0 Å². The van der Waals surface area contributed by atoms with Crippen LogP contribution in [-0.4, -0.2) is 63.2 Å².